The van der Waals surface area contributed by atoms with E-state index in [0.717, 1.165) is 25.2 Å². The molecule has 102 valence electrons. The van der Waals surface area contributed by atoms with Crippen LogP contribution in [0, 0.1) is 12.7 Å². The van der Waals surface area contributed by atoms with Crippen LogP contribution in [0.5, 0.6) is 0 Å². The lowest BCUT2D eigenvalue weighted by atomic mass is 9.98. The minimum atomic E-state index is -5.68. The van der Waals surface area contributed by atoms with Crippen LogP contribution < -0.4 is 5.32 Å². The average Bonchev–Trinajstić information content (AvgIpc) is 2.22. The van der Waals surface area contributed by atoms with Crippen molar-refractivity contribution in [2.75, 3.05) is 7.05 Å². The lowest BCUT2D eigenvalue weighted by Crippen LogP contribution is -2.47. The van der Waals surface area contributed by atoms with Crippen LogP contribution in [0.1, 0.15) is 17.2 Å². The highest BCUT2D eigenvalue weighted by molar-refractivity contribution is 5.28. The lowest BCUT2D eigenvalue weighted by Gasteiger charge is -2.28. The molecule has 7 heteroatoms. The quantitative estimate of drug-likeness (QED) is 0.828. The van der Waals surface area contributed by atoms with E-state index in [1.807, 2.05) is 5.32 Å². The molecular formula is C11H11F6N. The summed E-state index contributed by atoms with van der Waals surface area (Å²) in [6.07, 6.45) is -5.68. The second-order valence-electron chi connectivity index (χ2n) is 3.85. The molecule has 1 aromatic rings. The Morgan fingerprint density at radius 2 is 1.67 bits per heavy atom. The molecule has 0 radical (unpaired) electrons. The van der Waals surface area contributed by atoms with Crippen molar-refractivity contribution in [3.05, 3.63) is 35.1 Å². The third kappa shape index (κ3) is 2.60. The van der Waals surface area contributed by atoms with E-state index in [1.54, 1.807) is 0 Å². The van der Waals surface area contributed by atoms with Gasteiger partial charge >= 0.3 is 12.1 Å². The molecule has 0 saturated heterocycles. The first-order valence-electron chi connectivity index (χ1n) is 4.99. The number of hydrogen-bond donors (Lipinski definition) is 1. The largest absolute Gasteiger partial charge is 0.455 e. The Morgan fingerprint density at radius 3 is 2.06 bits per heavy atom. The van der Waals surface area contributed by atoms with Gasteiger partial charge in [0.2, 0.25) is 0 Å². The molecule has 1 unspecified atom stereocenters. The third-order valence-corrected chi connectivity index (χ3v) is 2.54. The van der Waals surface area contributed by atoms with Crippen LogP contribution in [-0.4, -0.2) is 19.1 Å². The van der Waals surface area contributed by atoms with Crippen molar-refractivity contribution >= 4 is 0 Å². The molecule has 1 aromatic carbocycles. The van der Waals surface area contributed by atoms with E-state index in [0.29, 0.717) is 0 Å². The van der Waals surface area contributed by atoms with Gasteiger partial charge < -0.3 is 5.32 Å². The van der Waals surface area contributed by atoms with Gasteiger partial charge in [-0.05, 0) is 31.2 Å². The summed E-state index contributed by atoms with van der Waals surface area (Å²) in [7, 11) is 0.989. The van der Waals surface area contributed by atoms with Crippen molar-refractivity contribution in [3.8, 4) is 0 Å². The van der Waals surface area contributed by atoms with E-state index < -0.39 is 24.0 Å². The summed E-state index contributed by atoms with van der Waals surface area (Å²) in [5, 5.41) is 1.92. The molecule has 0 spiro atoms. The fraction of sp³-hybridized carbons (Fsp3) is 0.455. The van der Waals surface area contributed by atoms with Gasteiger partial charge in [0.15, 0.2) is 0 Å². The first kappa shape index (κ1) is 14.8. The van der Waals surface area contributed by atoms with E-state index in [4.69, 9.17) is 0 Å². The highest BCUT2D eigenvalue weighted by Gasteiger charge is 2.62. The molecular weight excluding hydrogens is 260 g/mol. The van der Waals surface area contributed by atoms with E-state index in [2.05, 4.69) is 0 Å². The van der Waals surface area contributed by atoms with Crippen LogP contribution in [0.15, 0.2) is 18.2 Å². The Kier molecular flexibility index (Phi) is 3.95. The van der Waals surface area contributed by atoms with Crippen LogP contribution >= 0.6 is 0 Å². The molecule has 0 saturated carbocycles. The number of halogens is 6. The van der Waals surface area contributed by atoms with Crippen molar-refractivity contribution in [1.29, 1.82) is 0 Å². The standard InChI is InChI=1S/C11H11F6N/c1-6-5-7(3-4-8(6)12)9(18-2)10(13,14)11(15,16)17/h3-5,9,18H,1-2H3. The molecule has 0 aromatic heterocycles. The molecule has 1 N–H and O–H groups in total. The number of nitrogens with one attached hydrogen (secondary N) is 1. The van der Waals surface area contributed by atoms with Crippen molar-refractivity contribution in [2.45, 2.75) is 25.1 Å². The Bertz CT molecular complexity index is 426. The minimum Gasteiger partial charge on any atom is -0.308 e. The molecule has 0 aliphatic carbocycles. The first-order valence-corrected chi connectivity index (χ1v) is 4.99. The fourth-order valence-corrected chi connectivity index (χ4v) is 1.57. The summed E-state index contributed by atoms with van der Waals surface area (Å²) >= 11 is 0. The molecule has 18 heavy (non-hydrogen) atoms. The number of hydrogen-bond acceptors (Lipinski definition) is 1. The molecule has 1 nitrogen and oxygen atoms in total. The van der Waals surface area contributed by atoms with Crippen molar-refractivity contribution < 1.29 is 26.3 Å². The number of benzene rings is 1. The van der Waals surface area contributed by atoms with Gasteiger partial charge in [0.25, 0.3) is 0 Å². The van der Waals surface area contributed by atoms with Crippen LogP contribution in [0.2, 0.25) is 0 Å². The second kappa shape index (κ2) is 4.79. The highest BCUT2D eigenvalue weighted by Crippen LogP contribution is 2.44. The van der Waals surface area contributed by atoms with Gasteiger partial charge in [0, 0.05) is 0 Å². The fourth-order valence-electron chi connectivity index (χ4n) is 1.57. The maximum Gasteiger partial charge on any atom is 0.455 e. The maximum atomic E-state index is 13.2. The Hall–Kier alpha value is -1.24. The highest BCUT2D eigenvalue weighted by atomic mass is 19.4. The van der Waals surface area contributed by atoms with E-state index in [1.165, 1.54) is 6.92 Å². The molecule has 0 amide bonds. The molecule has 1 atom stereocenters. The van der Waals surface area contributed by atoms with Gasteiger partial charge in [-0.2, -0.15) is 22.0 Å². The zero-order chi connectivity index (χ0) is 14.1. The summed E-state index contributed by atoms with van der Waals surface area (Å²) in [5.74, 6) is -5.60. The van der Waals surface area contributed by atoms with E-state index >= 15 is 0 Å². The Labute approximate surface area is 99.8 Å². The van der Waals surface area contributed by atoms with Gasteiger partial charge in [-0.1, -0.05) is 12.1 Å². The van der Waals surface area contributed by atoms with E-state index in [-0.39, 0.29) is 11.1 Å². The van der Waals surface area contributed by atoms with Crippen molar-refractivity contribution in [2.24, 2.45) is 0 Å². The number of alkyl halides is 5. The summed E-state index contributed by atoms with van der Waals surface area (Å²) in [5.41, 5.74) is -0.315. The smallest absolute Gasteiger partial charge is 0.308 e. The monoisotopic (exact) mass is 271 g/mol. The lowest BCUT2D eigenvalue weighted by molar-refractivity contribution is -0.293. The average molecular weight is 271 g/mol. The van der Waals surface area contributed by atoms with Crippen LogP contribution in [0.25, 0.3) is 0 Å². The van der Waals surface area contributed by atoms with E-state index in [9.17, 15) is 26.3 Å². The second-order valence-corrected chi connectivity index (χ2v) is 3.85. The Balaban J connectivity index is 3.21. The van der Waals surface area contributed by atoms with Gasteiger partial charge in [-0.3, -0.25) is 0 Å². The summed E-state index contributed by atoms with van der Waals surface area (Å²) in [6.45, 7) is 1.29. The topological polar surface area (TPSA) is 12.0 Å². The van der Waals surface area contributed by atoms with Crippen molar-refractivity contribution in [3.63, 3.8) is 0 Å². The SMILES string of the molecule is CNC(c1ccc(F)c(C)c1)C(F)(F)C(F)(F)F. The normalized spacial score (nSPS) is 14.7. The van der Waals surface area contributed by atoms with Crippen LogP contribution in [-0.2, 0) is 0 Å². The minimum absolute atomic E-state index is 0.00530. The Morgan fingerprint density at radius 1 is 1.11 bits per heavy atom. The molecule has 0 fully saturated rings. The predicted molar refractivity (Wildman–Crippen MR) is 53.9 cm³/mol. The zero-order valence-corrected chi connectivity index (χ0v) is 9.58. The molecule has 0 aliphatic heterocycles. The molecule has 0 heterocycles. The zero-order valence-electron chi connectivity index (χ0n) is 9.58. The van der Waals surface area contributed by atoms with Gasteiger partial charge in [-0.15, -0.1) is 0 Å². The molecule has 1 rings (SSSR count). The summed E-state index contributed by atoms with van der Waals surface area (Å²) < 4.78 is 76.2. The van der Waals surface area contributed by atoms with Gasteiger partial charge in [0.05, 0.1) is 0 Å². The third-order valence-electron chi connectivity index (χ3n) is 2.54. The molecule has 0 aliphatic rings. The summed E-state index contributed by atoms with van der Waals surface area (Å²) in [4.78, 5) is 0. The first-order chi connectivity index (χ1) is 8.11. The van der Waals surface area contributed by atoms with Gasteiger partial charge in [0.1, 0.15) is 11.9 Å². The molecule has 0 bridgehead atoms. The number of rotatable bonds is 3. The van der Waals surface area contributed by atoms with Crippen LogP contribution in [0.4, 0.5) is 26.3 Å². The maximum absolute atomic E-state index is 13.2. The summed E-state index contributed by atoms with van der Waals surface area (Å²) in [6, 6.07) is 0.484. The van der Waals surface area contributed by atoms with Crippen LogP contribution in [0.3, 0.4) is 0 Å². The number of aryl methyl sites for hydroxylation is 1. The predicted octanol–water partition coefficient (Wildman–Crippen LogP) is 3.59. The van der Waals surface area contributed by atoms with Crippen molar-refractivity contribution in [1.82, 2.24) is 5.32 Å². The van der Waals surface area contributed by atoms with Gasteiger partial charge in [-0.25, -0.2) is 4.39 Å².